The number of carbonyl (C=O) groups is 1. The molecule has 0 bridgehead atoms. The molecule has 6 heteroatoms. The molecule has 0 N–H and O–H groups in total. The second-order valence-corrected chi connectivity index (χ2v) is 7.02. The predicted molar refractivity (Wildman–Crippen MR) is 112 cm³/mol. The van der Waals surface area contributed by atoms with Gasteiger partial charge in [-0.1, -0.05) is 42.5 Å². The summed E-state index contributed by atoms with van der Waals surface area (Å²) in [5.41, 5.74) is 2.07. The van der Waals surface area contributed by atoms with Gasteiger partial charge in [-0.2, -0.15) is 0 Å². The second-order valence-electron chi connectivity index (χ2n) is 7.02. The van der Waals surface area contributed by atoms with Gasteiger partial charge in [-0.3, -0.25) is 4.79 Å². The number of para-hydroxylation sites is 2. The fraction of sp³-hybridized carbons (Fsp3) is 0.304. The van der Waals surface area contributed by atoms with Gasteiger partial charge in [0.05, 0.1) is 19.0 Å². The Labute approximate surface area is 170 Å². The second kappa shape index (κ2) is 8.82. The van der Waals surface area contributed by atoms with Gasteiger partial charge in [0.25, 0.3) is 0 Å². The number of amides is 1. The summed E-state index contributed by atoms with van der Waals surface area (Å²) in [4.78, 5) is 21.1. The maximum Gasteiger partial charge on any atom is 0.223 e. The zero-order chi connectivity index (χ0) is 20.1. The summed E-state index contributed by atoms with van der Waals surface area (Å²) in [6.07, 6.45) is 2.64. The lowest BCUT2D eigenvalue weighted by Crippen LogP contribution is -2.48. The van der Waals surface area contributed by atoms with Crippen LogP contribution in [0.15, 0.2) is 65.2 Å². The van der Waals surface area contributed by atoms with Gasteiger partial charge in [0.1, 0.15) is 5.75 Å². The van der Waals surface area contributed by atoms with Crippen molar-refractivity contribution in [2.75, 3.05) is 38.2 Å². The minimum atomic E-state index is 0.143. The molecule has 29 heavy (non-hydrogen) atoms. The van der Waals surface area contributed by atoms with Crippen molar-refractivity contribution in [2.24, 2.45) is 0 Å². The lowest BCUT2D eigenvalue weighted by Gasteiger charge is -2.36. The van der Waals surface area contributed by atoms with Crippen LogP contribution in [0.1, 0.15) is 12.3 Å². The molecule has 0 radical (unpaired) electrons. The summed E-state index contributed by atoms with van der Waals surface area (Å²) < 4.78 is 11.3. The molecule has 1 aliphatic heterocycles. The van der Waals surface area contributed by atoms with E-state index in [0.717, 1.165) is 35.9 Å². The highest BCUT2D eigenvalue weighted by atomic mass is 16.5. The number of hydrogen-bond donors (Lipinski definition) is 0. The first kappa shape index (κ1) is 19.1. The molecule has 1 aromatic heterocycles. The summed E-state index contributed by atoms with van der Waals surface area (Å²) in [5, 5.41) is 0. The zero-order valence-corrected chi connectivity index (χ0v) is 16.6. The normalized spacial score (nSPS) is 14.1. The van der Waals surface area contributed by atoms with Crippen LogP contribution >= 0.6 is 0 Å². The molecule has 3 aromatic rings. The summed E-state index contributed by atoms with van der Waals surface area (Å²) in [5.74, 6) is 2.35. The molecule has 2 heterocycles. The van der Waals surface area contributed by atoms with Crippen LogP contribution in [0.2, 0.25) is 0 Å². The largest absolute Gasteiger partial charge is 0.495 e. The van der Waals surface area contributed by atoms with E-state index in [1.807, 2.05) is 53.4 Å². The molecule has 0 spiro atoms. The van der Waals surface area contributed by atoms with E-state index in [1.165, 1.54) is 0 Å². The average molecular weight is 391 g/mol. The number of anilines is 1. The van der Waals surface area contributed by atoms with Crippen molar-refractivity contribution in [3.63, 3.8) is 0 Å². The van der Waals surface area contributed by atoms with Crippen molar-refractivity contribution >= 4 is 11.6 Å². The monoisotopic (exact) mass is 391 g/mol. The van der Waals surface area contributed by atoms with E-state index in [-0.39, 0.29) is 5.91 Å². The highest BCUT2D eigenvalue weighted by Gasteiger charge is 2.23. The van der Waals surface area contributed by atoms with Gasteiger partial charge >= 0.3 is 0 Å². The maximum atomic E-state index is 12.6. The van der Waals surface area contributed by atoms with E-state index in [2.05, 4.69) is 16.0 Å². The van der Waals surface area contributed by atoms with Gasteiger partial charge in [-0.25, -0.2) is 4.98 Å². The maximum absolute atomic E-state index is 12.6. The topological polar surface area (TPSA) is 58.8 Å². The van der Waals surface area contributed by atoms with E-state index in [0.29, 0.717) is 31.8 Å². The van der Waals surface area contributed by atoms with Crippen LogP contribution in [-0.2, 0) is 11.2 Å². The molecule has 150 valence electrons. The van der Waals surface area contributed by atoms with Crippen molar-refractivity contribution < 1.29 is 13.9 Å². The van der Waals surface area contributed by atoms with Crippen LogP contribution in [0.5, 0.6) is 5.75 Å². The molecule has 0 aliphatic carbocycles. The molecular weight excluding hydrogens is 366 g/mol. The van der Waals surface area contributed by atoms with Gasteiger partial charge in [0.2, 0.25) is 5.91 Å². The number of benzene rings is 2. The molecule has 0 atom stereocenters. The van der Waals surface area contributed by atoms with E-state index >= 15 is 0 Å². The molecule has 1 aliphatic rings. The van der Waals surface area contributed by atoms with Gasteiger partial charge in [0, 0.05) is 44.6 Å². The van der Waals surface area contributed by atoms with Crippen molar-refractivity contribution in [3.8, 4) is 17.1 Å². The fourth-order valence-electron chi connectivity index (χ4n) is 3.62. The Morgan fingerprint density at radius 3 is 2.52 bits per heavy atom. The van der Waals surface area contributed by atoms with Crippen molar-refractivity contribution in [1.82, 2.24) is 9.88 Å². The van der Waals surface area contributed by atoms with Crippen molar-refractivity contribution in [2.45, 2.75) is 12.8 Å². The van der Waals surface area contributed by atoms with Crippen LogP contribution in [0.25, 0.3) is 11.3 Å². The van der Waals surface area contributed by atoms with Crippen LogP contribution in [-0.4, -0.2) is 49.1 Å². The third kappa shape index (κ3) is 4.42. The highest BCUT2D eigenvalue weighted by Crippen LogP contribution is 2.28. The van der Waals surface area contributed by atoms with Gasteiger partial charge in [-0.15, -0.1) is 0 Å². The quantitative estimate of drug-likeness (QED) is 0.642. The number of nitrogens with zero attached hydrogens (tertiary/aromatic N) is 3. The fourth-order valence-corrected chi connectivity index (χ4v) is 3.62. The van der Waals surface area contributed by atoms with Crippen LogP contribution < -0.4 is 9.64 Å². The molecule has 1 saturated heterocycles. The Balaban J connectivity index is 1.29. The van der Waals surface area contributed by atoms with Crippen LogP contribution in [0, 0.1) is 0 Å². The number of aromatic nitrogens is 1. The summed E-state index contributed by atoms with van der Waals surface area (Å²) >= 11 is 0. The Morgan fingerprint density at radius 2 is 1.76 bits per heavy atom. The molecule has 4 rings (SSSR count). The number of hydrogen-bond acceptors (Lipinski definition) is 5. The molecule has 0 unspecified atom stereocenters. The van der Waals surface area contributed by atoms with E-state index in [9.17, 15) is 4.79 Å². The average Bonchev–Trinajstić information content (AvgIpc) is 3.27. The summed E-state index contributed by atoms with van der Waals surface area (Å²) in [6, 6.07) is 17.9. The Morgan fingerprint density at radius 1 is 1.03 bits per heavy atom. The minimum absolute atomic E-state index is 0.143. The van der Waals surface area contributed by atoms with Gasteiger partial charge < -0.3 is 19.0 Å². The predicted octanol–water partition coefficient (Wildman–Crippen LogP) is 3.63. The SMILES string of the molecule is COc1ccccc1N1CCN(C(=O)CCc2ncc(-c3ccccc3)o2)CC1. The standard InChI is InChI=1S/C23H25N3O3/c1-28-20-10-6-5-9-19(20)25-13-15-26(16-14-25)23(27)12-11-22-24-17-21(29-22)18-7-3-2-4-8-18/h2-10,17H,11-16H2,1H3. The number of aryl methyl sites for hydroxylation is 1. The Kier molecular flexibility index (Phi) is 5.79. The number of oxazole rings is 1. The minimum Gasteiger partial charge on any atom is -0.495 e. The number of carbonyl (C=O) groups excluding carboxylic acids is 1. The van der Waals surface area contributed by atoms with E-state index in [1.54, 1.807) is 13.3 Å². The van der Waals surface area contributed by atoms with E-state index in [4.69, 9.17) is 9.15 Å². The number of methoxy groups -OCH3 is 1. The third-order valence-electron chi connectivity index (χ3n) is 5.22. The lowest BCUT2D eigenvalue weighted by molar-refractivity contribution is -0.131. The summed E-state index contributed by atoms with van der Waals surface area (Å²) in [6.45, 7) is 3.00. The number of rotatable bonds is 6. The first-order chi connectivity index (χ1) is 14.2. The van der Waals surface area contributed by atoms with Gasteiger partial charge in [-0.05, 0) is 12.1 Å². The lowest BCUT2D eigenvalue weighted by atomic mass is 10.2. The third-order valence-corrected chi connectivity index (χ3v) is 5.22. The van der Waals surface area contributed by atoms with E-state index < -0.39 is 0 Å². The molecule has 2 aromatic carbocycles. The molecule has 1 amide bonds. The highest BCUT2D eigenvalue weighted by molar-refractivity contribution is 5.76. The Hall–Kier alpha value is -3.28. The summed E-state index contributed by atoms with van der Waals surface area (Å²) in [7, 11) is 1.69. The van der Waals surface area contributed by atoms with Crippen molar-refractivity contribution in [3.05, 3.63) is 66.7 Å². The first-order valence-electron chi connectivity index (χ1n) is 9.90. The first-order valence-corrected chi connectivity index (χ1v) is 9.90. The molecular formula is C23H25N3O3. The molecule has 1 fully saturated rings. The smallest absolute Gasteiger partial charge is 0.223 e. The molecule has 0 saturated carbocycles. The number of ether oxygens (including phenoxy) is 1. The molecule has 6 nitrogen and oxygen atoms in total. The van der Waals surface area contributed by atoms with Gasteiger partial charge in [0.15, 0.2) is 11.7 Å². The van der Waals surface area contributed by atoms with Crippen LogP contribution in [0.3, 0.4) is 0 Å². The van der Waals surface area contributed by atoms with Crippen LogP contribution in [0.4, 0.5) is 5.69 Å². The van der Waals surface area contributed by atoms with Crippen molar-refractivity contribution in [1.29, 1.82) is 0 Å². The zero-order valence-electron chi connectivity index (χ0n) is 16.6. The number of piperazine rings is 1. The Bertz CT molecular complexity index is 947.